The fraction of sp³-hybridized carbons (Fsp3) is 0. The van der Waals surface area contributed by atoms with Crippen molar-refractivity contribution >= 4 is 34.3 Å². The summed E-state index contributed by atoms with van der Waals surface area (Å²) in [5, 5.41) is 22.3. The summed E-state index contributed by atoms with van der Waals surface area (Å²) in [5.41, 5.74) is 0.790. The molecule has 0 radical (unpaired) electrons. The van der Waals surface area contributed by atoms with Gasteiger partial charge in [-0.25, -0.2) is 4.57 Å². The normalized spacial score (nSPS) is 11.3. The molecular formula is C22H15ClN2O3. The summed E-state index contributed by atoms with van der Waals surface area (Å²) < 4.78 is 1.19. The molecule has 1 aromatic heterocycles. The lowest BCUT2D eigenvalue weighted by atomic mass is 10.1. The topological polar surface area (TPSA) is 74.8 Å². The molecule has 0 unspecified atom stereocenters. The Morgan fingerprint density at radius 3 is 2.36 bits per heavy atom. The number of hydrogen-bond acceptors (Lipinski definition) is 4. The standard InChI is InChI=1S/C22H15ClN2O3/c23-14-6-5-7-15(12-14)25-21(27)17-9-2-1-8-16(17)18(22(25)28)13-24-19-10-3-4-11-20(19)26/h1-13,26,28H. The van der Waals surface area contributed by atoms with Gasteiger partial charge in [0.25, 0.3) is 5.56 Å². The number of phenols is 1. The third-order valence-electron chi connectivity index (χ3n) is 4.38. The number of rotatable bonds is 3. The van der Waals surface area contributed by atoms with Crippen LogP contribution in [0.25, 0.3) is 16.5 Å². The SMILES string of the molecule is O=c1c2ccccc2c(C=Nc2ccccc2O)c(O)n1-c1cccc(Cl)c1. The second-order valence-corrected chi connectivity index (χ2v) is 6.59. The van der Waals surface area contributed by atoms with Crippen LogP contribution in [0.2, 0.25) is 5.02 Å². The van der Waals surface area contributed by atoms with Crippen molar-refractivity contribution in [3.8, 4) is 17.3 Å². The minimum Gasteiger partial charge on any atom is -0.506 e. The lowest BCUT2D eigenvalue weighted by Gasteiger charge is -2.14. The van der Waals surface area contributed by atoms with Crippen molar-refractivity contribution in [2.75, 3.05) is 0 Å². The third kappa shape index (κ3) is 3.12. The van der Waals surface area contributed by atoms with E-state index in [4.69, 9.17) is 11.6 Å². The number of aromatic nitrogens is 1. The van der Waals surface area contributed by atoms with E-state index in [2.05, 4.69) is 4.99 Å². The number of phenolic OH excluding ortho intramolecular Hbond substituents is 1. The van der Waals surface area contributed by atoms with Crippen LogP contribution in [0.1, 0.15) is 5.56 Å². The molecule has 0 aliphatic heterocycles. The number of hydrogen-bond donors (Lipinski definition) is 2. The van der Waals surface area contributed by atoms with Crippen LogP contribution in [0.15, 0.2) is 82.6 Å². The van der Waals surface area contributed by atoms with Crippen LogP contribution >= 0.6 is 11.6 Å². The highest BCUT2D eigenvalue weighted by Crippen LogP contribution is 2.29. The maximum absolute atomic E-state index is 13.0. The second kappa shape index (κ2) is 7.21. The van der Waals surface area contributed by atoms with Gasteiger partial charge in [0.1, 0.15) is 11.4 Å². The van der Waals surface area contributed by atoms with Crippen LogP contribution in [0.4, 0.5) is 5.69 Å². The lowest BCUT2D eigenvalue weighted by Crippen LogP contribution is -2.20. The first-order chi connectivity index (χ1) is 13.6. The Morgan fingerprint density at radius 1 is 0.893 bits per heavy atom. The number of benzene rings is 3. The van der Waals surface area contributed by atoms with E-state index in [0.717, 1.165) is 0 Å². The lowest BCUT2D eigenvalue weighted by molar-refractivity contribution is 0.436. The summed E-state index contributed by atoms with van der Waals surface area (Å²) >= 11 is 6.06. The molecule has 2 N–H and O–H groups in total. The van der Waals surface area contributed by atoms with E-state index in [-0.39, 0.29) is 17.2 Å². The molecule has 138 valence electrons. The molecule has 28 heavy (non-hydrogen) atoms. The van der Waals surface area contributed by atoms with Gasteiger partial charge >= 0.3 is 0 Å². The smallest absolute Gasteiger partial charge is 0.265 e. The summed E-state index contributed by atoms with van der Waals surface area (Å²) in [6, 6.07) is 20.3. The first-order valence-corrected chi connectivity index (χ1v) is 8.89. The Kier molecular flexibility index (Phi) is 4.59. The van der Waals surface area contributed by atoms with E-state index < -0.39 is 0 Å². The summed E-state index contributed by atoms with van der Waals surface area (Å²) in [6.07, 6.45) is 1.44. The minimum atomic E-state index is -0.366. The molecule has 0 amide bonds. The van der Waals surface area contributed by atoms with Crippen molar-refractivity contribution in [3.63, 3.8) is 0 Å². The van der Waals surface area contributed by atoms with E-state index in [1.165, 1.54) is 16.8 Å². The van der Waals surface area contributed by atoms with Crippen LogP contribution in [-0.4, -0.2) is 21.0 Å². The maximum atomic E-state index is 13.0. The van der Waals surface area contributed by atoms with Gasteiger partial charge in [-0.1, -0.05) is 48.0 Å². The highest BCUT2D eigenvalue weighted by atomic mass is 35.5. The zero-order valence-electron chi connectivity index (χ0n) is 14.6. The first kappa shape index (κ1) is 17.8. The number of aliphatic imine (C=N–C) groups is 1. The number of halogens is 1. The third-order valence-corrected chi connectivity index (χ3v) is 4.62. The molecule has 0 aliphatic carbocycles. The van der Waals surface area contributed by atoms with Crippen LogP contribution in [0, 0.1) is 0 Å². The molecule has 4 rings (SSSR count). The molecule has 0 saturated carbocycles. The zero-order valence-corrected chi connectivity index (χ0v) is 15.3. The van der Waals surface area contributed by atoms with Crippen molar-refractivity contribution in [3.05, 3.63) is 93.7 Å². The van der Waals surface area contributed by atoms with E-state index >= 15 is 0 Å². The zero-order chi connectivity index (χ0) is 19.7. The molecule has 0 saturated heterocycles. The highest BCUT2D eigenvalue weighted by molar-refractivity contribution is 6.30. The quantitative estimate of drug-likeness (QED) is 0.493. The summed E-state index contributed by atoms with van der Waals surface area (Å²) in [6.45, 7) is 0. The monoisotopic (exact) mass is 390 g/mol. The van der Waals surface area contributed by atoms with E-state index in [1.54, 1.807) is 66.7 Å². The largest absolute Gasteiger partial charge is 0.506 e. The fourth-order valence-corrected chi connectivity index (χ4v) is 3.24. The summed E-state index contributed by atoms with van der Waals surface area (Å²) in [4.78, 5) is 17.3. The molecule has 5 nitrogen and oxygen atoms in total. The van der Waals surface area contributed by atoms with Crippen molar-refractivity contribution in [2.24, 2.45) is 4.99 Å². The molecule has 6 heteroatoms. The first-order valence-electron chi connectivity index (χ1n) is 8.51. The number of fused-ring (bicyclic) bond motifs is 1. The number of pyridine rings is 1. The van der Waals surface area contributed by atoms with Gasteiger partial charge in [-0.3, -0.25) is 9.79 Å². The minimum absolute atomic E-state index is 0.0192. The van der Waals surface area contributed by atoms with Crippen LogP contribution < -0.4 is 5.56 Å². The molecule has 1 heterocycles. The Bertz CT molecular complexity index is 1280. The number of nitrogens with zero attached hydrogens (tertiary/aromatic N) is 2. The fourth-order valence-electron chi connectivity index (χ4n) is 3.05. The summed E-state index contributed by atoms with van der Waals surface area (Å²) in [7, 11) is 0. The molecule has 0 spiro atoms. The van der Waals surface area contributed by atoms with E-state index in [0.29, 0.717) is 32.7 Å². The Hall–Kier alpha value is -3.57. The average molecular weight is 391 g/mol. The predicted octanol–water partition coefficient (Wildman–Crippen LogP) is 4.81. The molecule has 0 bridgehead atoms. The van der Waals surface area contributed by atoms with Crippen molar-refractivity contribution in [1.82, 2.24) is 4.57 Å². The van der Waals surface area contributed by atoms with Gasteiger partial charge in [-0.15, -0.1) is 0 Å². The highest BCUT2D eigenvalue weighted by Gasteiger charge is 2.16. The van der Waals surface area contributed by atoms with Crippen molar-refractivity contribution in [2.45, 2.75) is 0 Å². The van der Waals surface area contributed by atoms with Gasteiger partial charge in [-0.05, 0) is 36.4 Å². The van der Waals surface area contributed by atoms with Gasteiger partial charge in [0.05, 0.1) is 11.3 Å². The molecule has 3 aromatic carbocycles. The maximum Gasteiger partial charge on any atom is 0.265 e. The average Bonchev–Trinajstić information content (AvgIpc) is 2.69. The number of para-hydroxylation sites is 2. The molecular weight excluding hydrogens is 376 g/mol. The van der Waals surface area contributed by atoms with Crippen LogP contribution in [0.3, 0.4) is 0 Å². The van der Waals surface area contributed by atoms with Crippen LogP contribution in [0.5, 0.6) is 11.6 Å². The molecule has 0 aliphatic rings. The molecule has 4 aromatic rings. The van der Waals surface area contributed by atoms with Gasteiger partial charge < -0.3 is 10.2 Å². The van der Waals surface area contributed by atoms with E-state index in [1.807, 2.05) is 0 Å². The second-order valence-electron chi connectivity index (χ2n) is 6.15. The van der Waals surface area contributed by atoms with Crippen LogP contribution in [-0.2, 0) is 0 Å². The molecule has 0 fully saturated rings. The van der Waals surface area contributed by atoms with Gasteiger partial charge in [-0.2, -0.15) is 0 Å². The Labute approximate surface area is 165 Å². The van der Waals surface area contributed by atoms with Gasteiger partial charge in [0, 0.05) is 22.0 Å². The van der Waals surface area contributed by atoms with Crippen molar-refractivity contribution in [1.29, 1.82) is 0 Å². The van der Waals surface area contributed by atoms with E-state index in [9.17, 15) is 15.0 Å². The van der Waals surface area contributed by atoms with Crippen molar-refractivity contribution < 1.29 is 10.2 Å². The number of aromatic hydroxyl groups is 2. The Balaban J connectivity index is 2.01. The summed E-state index contributed by atoms with van der Waals surface area (Å²) in [5.74, 6) is -0.240. The van der Waals surface area contributed by atoms with Gasteiger partial charge in [0.2, 0.25) is 5.88 Å². The molecule has 0 atom stereocenters. The van der Waals surface area contributed by atoms with Gasteiger partial charge in [0.15, 0.2) is 0 Å². The Morgan fingerprint density at radius 2 is 1.61 bits per heavy atom. The predicted molar refractivity (Wildman–Crippen MR) is 112 cm³/mol.